The highest BCUT2D eigenvalue weighted by Gasteiger charge is 2.32. The van der Waals surface area contributed by atoms with E-state index >= 15 is 0 Å². The van der Waals surface area contributed by atoms with E-state index in [0.717, 1.165) is 31.6 Å². The number of piperidine rings is 1. The molecular weight excluding hydrogens is 318 g/mol. The molecule has 25 heavy (non-hydrogen) atoms. The molecule has 0 atom stereocenters. The molecule has 0 spiro atoms. The quantitative estimate of drug-likeness (QED) is 0.906. The summed E-state index contributed by atoms with van der Waals surface area (Å²) in [5.74, 6) is 0.610. The van der Waals surface area contributed by atoms with E-state index in [1.807, 2.05) is 27.7 Å². The summed E-state index contributed by atoms with van der Waals surface area (Å²) in [5, 5.41) is 11.9. The molecular formula is C18H27N5O2. The molecule has 0 saturated carbocycles. The van der Waals surface area contributed by atoms with E-state index in [1.165, 1.54) is 0 Å². The SMILES string of the molecule is Cc1cc(C#N)nc(N2CCC(C)(CNC(=O)OC(C)(C)C)CC2)n1. The summed E-state index contributed by atoms with van der Waals surface area (Å²) in [6.45, 7) is 11.7. The first-order valence-electron chi connectivity index (χ1n) is 8.58. The van der Waals surface area contributed by atoms with Gasteiger partial charge in [0.1, 0.15) is 17.4 Å². The van der Waals surface area contributed by atoms with Crippen molar-refractivity contribution < 1.29 is 9.53 Å². The Labute approximate surface area is 149 Å². The van der Waals surface area contributed by atoms with Crippen LogP contribution < -0.4 is 10.2 Å². The largest absolute Gasteiger partial charge is 0.444 e. The minimum absolute atomic E-state index is 0.00921. The molecule has 0 unspecified atom stereocenters. The Bertz CT molecular complexity index is 667. The molecule has 1 fully saturated rings. The number of nitriles is 1. The maximum atomic E-state index is 11.8. The second-order valence-corrected chi connectivity index (χ2v) is 7.96. The van der Waals surface area contributed by atoms with Crippen LogP contribution in [0.5, 0.6) is 0 Å². The number of alkyl carbamates (subject to hydrolysis) is 1. The van der Waals surface area contributed by atoms with Gasteiger partial charge in [0, 0.05) is 25.3 Å². The molecule has 1 N–H and O–H groups in total. The van der Waals surface area contributed by atoms with E-state index < -0.39 is 5.60 Å². The molecule has 1 aromatic heterocycles. The smallest absolute Gasteiger partial charge is 0.407 e. The summed E-state index contributed by atoms with van der Waals surface area (Å²) >= 11 is 0. The molecule has 1 saturated heterocycles. The van der Waals surface area contributed by atoms with Crippen molar-refractivity contribution in [2.45, 2.75) is 53.1 Å². The van der Waals surface area contributed by atoms with Gasteiger partial charge in [-0.1, -0.05) is 6.92 Å². The minimum Gasteiger partial charge on any atom is -0.444 e. The number of nitrogens with one attached hydrogen (secondary N) is 1. The zero-order valence-electron chi connectivity index (χ0n) is 15.7. The van der Waals surface area contributed by atoms with Crippen LogP contribution in [0, 0.1) is 23.7 Å². The number of ether oxygens (including phenoxy) is 1. The van der Waals surface area contributed by atoms with E-state index in [1.54, 1.807) is 6.07 Å². The summed E-state index contributed by atoms with van der Waals surface area (Å²) in [6.07, 6.45) is 1.43. The molecule has 2 heterocycles. The minimum atomic E-state index is -0.491. The fraction of sp³-hybridized carbons (Fsp3) is 0.667. The van der Waals surface area contributed by atoms with Crippen molar-refractivity contribution in [3.05, 3.63) is 17.5 Å². The zero-order chi connectivity index (χ0) is 18.7. The van der Waals surface area contributed by atoms with Crippen LogP contribution in [-0.2, 0) is 4.74 Å². The molecule has 0 aliphatic carbocycles. The second-order valence-electron chi connectivity index (χ2n) is 7.96. The average molecular weight is 345 g/mol. The summed E-state index contributed by atoms with van der Waals surface area (Å²) in [6, 6.07) is 3.76. The standard InChI is InChI=1S/C18H27N5O2/c1-13-10-14(11-19)22-15(21-13)23-8-6-18(5,7-9-23)12-20-16(24)25-17(2,3)4/h10H,6-9,12H2,1-5H3,(H,20,24). The fourth-order valence-electron chi connectivity index (χ4n) is 2.77. The molecule has 1 amide bonds. The third-order valence-electron chi connectivity index (χ3n) is 4.27. The summed E-state index contributed by atoms with van der Waals surface area (Å²) < 4.78 is 5.29. The predicted molar refractivity (Wildman–Crippen MR) is 95.3 cm³/mol. The molecule has 7 heteroatoms. The molecule has 0 aromatic carbocycles. The maximum absolute atomic E-state index is 11.8. The van der Waals surface area contributed by atoms with E-state index in [-0.39, 0.29) is 11.5 Å². The Morgan fingerprint density at radius 3 is 2.60 bits per heavy atom. The summed E-state index contributed by atoms with van der Waals surface area (Å²) in [7, 11) is 0. The third-order valence-corrected chi connectivity index (χ3v) is 4.27. The molecule has 7 nitrogen and oxygen atoms in total. The molecule has 1 aliphatic rings. The summed E-state index contributed by atoms with van der Waals surface area (Å²) in [5.41, 5.74) is 0.703. The highest BCUT2D eigenvalue weighted by molar-refractivity contribution is 5.67. The molecule has 0 bridgehead atoms. The van der Waals surface area contributed by atoms with Crippen LogP contribution in [0.3, 0.4) is 0 Å². The number of amides is 1. The van der Waals surface area contributed by atoms with Gasteiger partial charge in [0.15, 0.2) is 0 Å². The lowest BCUT2D eigenvalue weighted by Crippen LogP contribution is -2.46. The van der Waals surface area contributed by atoms with Crippen molar-refractivity contribution in [3.8, 4) is 6.07 Å². The number of aromatic nitrogens is 2. The number of nitrogens with zero attached hydrogens (tertiary/aromatic N) is 4. The van der Waals surface area contributed by atoms with Crippen molar-refractivity contribution in [2.75, 3.05) is 24.5 Å². The highest BCUT2D eigenvalue weighted by atomic mass is 16.6. The number of hydrogen-bond donors (Lipinski definition) is 1. The maximum Gasteiger partial charge on any atom is 0.407 e. The molecule has 0 radical (unpaired) electrons. The topological polar surface area (TPSA) is 91.1 Å². The molecule has 1 aromatic rings. The average Bonchev–Trinajstić information content (AvgIpc) is 2.51. The Kier molecular flexibility index (Phi) is 5.51. The van der Waals surface area contributed by atoms with Crippen LogP contribution >= 0.6 is 0 Å². The number of anilines is 1. The van der Waals surface area contributed by atoms with Crippen molar-refractivity contribution in [3.63, 3.8) is 0 Å². The van der Waals surface area contributed by atoms with Crippen molar-refractivity contribution in [2.24, 2.45) is 5.41 Å². The lowest BCUT2D eigenvalue weighted by Gasteiger charge is -2.39. The monoisotopic (exact) mass is 345 g/mol. The highest BCUT2D eigenvalue weighted by Crippen LogP contribution is 2.31. The normalized spacial score (nSPS) is 16.9. The molecule has 1 aliphatic heterocycles. The number of carbonyl (C=O) groups excluding carboxylic acids is 1. The van der Waals surface area contributed by atoms with Gasteiger partial charge in [-0.3, -0.25) is 0 Å². The van der Waals surface area contributed by atoms with Crippen molar-refractivity contribution >= 4 is 12.0 Å². The van der Waals surface area contributed by atoms with Crippen LogP contribution in [-0.4, -0.2) is 41.3 Å². The first-order valence-corrected chi connectivity index (χ1v) is 8.58. The summed E-state index contributed by atoms with van der Waals surface area (Å²) in [4.78, 5) is 22.7. The zero-order valence-corrected chi connectivity index (χ0v) is 15.7. The number of aryl methyl sites for hydroxylation is 1. The Hall–Kier alpha value is -2.36. The van der Waals surface area contributed by atoms with Gasteiger partial charge in [0.2, 0.25) is 5.95 Å². The van der Waals surface area contributed by atoms with E-state index in [2.05, 4.69) is 33.2 Å². The number of carbonyl (C=O) groups is 1. The van der Waals surface area contributed by atoms with Crippen molar-refractivity contribution in [1.29, 1.82) is 5.26 Å². The second kappa shape index (κ2) is 7.26. The van der Waals surface area contributed by atoms with Gasteiger partial charge in [-0.25, -0.2) is 14.8 Å². The van der Waals surface area contributed by atoms with Crippen LogP contribution in [0.1, 0.15) is 51.9 Å². The van der Waals surface area contributed by atoms with Gasteiger partial charge >= 0.3 is 6.09 Å². The first kappa shape index (κ1) is 19.0. The van der Waals surface area contributed by atoms with Crippen LogP contribution in [0.15, 0.2) is 6.07 Å². The fourth-order valence-corrected chi connectivity index (χ4v) is 2.77. The van der Waals surface area contributed by atoms with Crippen molar-refractivity contribution in [1.82, 2.24) is 15.3 Å². The first-order chi connectivity index (χ1) is 11.6. The molecule has 136 valence electrons. The van der Waals surface area contributed by atoms with E-state index in [0.29, 0.717) is 18.2 Å². The lowest BCUT2D eigenvalue weighted by molar-refractivity contribution is 0.0495. The van der Waals surface area contributed by atoms with E-state index in [4.69, 9.17) is 10.00 Å². The van der Waals surface area contributed by atoms with Gasteiger partial charge in [0.25, 0.3) is 0 Å². The van der Waals surface area contributed by atoms with Crippen LogP contribution in [0.4, 0.5) is 10.7 Å². The lowest BCUT2D eigenvalue weighted by atomic mass is 9.80. The Morgan fingerprint density at radius 1 is 1.40 bits per heavy atom. The molecule has 2 rings (SSSR count). The van der Waals surface area contributed by atoms with Crippen LogP contribution in [0.25, 0.3) is 0 Å². The number of rotatable bonds is 3. The third kappa shape index (κ3) is 5.59. The number of hydrogen-bond acceptors (Lipinski definition) is 6. The van der Waals surface area contributed by atoms with Gasteiger partial charge in [-0.15, -0.1) is 0 Å². The van der Waals surface area contributed by atoms with Gasteiger partial charge < -0.3 is 15.0 Å². The predicted octanol–water partition coefficient (Wildman–Crippen LogP) is 2.79. The van der Waals surface area contributed by atoms with Crippen LogP contribution in [0.2, 0.25) is 0 Å². The Morgan fingerprint density at radius 2 is 2.04 bits per heavy atom. The van der Waals surface area contributed by atoms with E-state index in [9.17, 15) is 4.79 Å². The van der Waals surface area contributed by atoms with Gasteiger partial charge in [-0.2, -0.15) is 5.26 Å². The Balaban J connectivity index is 1.91. The van der Waals surface area contributed by atoms with Gasteiger partial charge in [-0.05, 0) is 52.0 Å². The van der Waals surface area contributed by atoms with Gasteiger partial charge in [0.05, 0.1) is 0 Å².